The average Bonchev–Trinajstić information content (AvgIpc) is 2.10. The lowest BCUT2D eigenvalue weighted by Gasteiger charge is -2.20. The lowest BCUT2D eigenvalue weighted by molar-refractivity contribution is 0.0525. The molecule has 0 unspecified atom stereocenters. The number of alkyl carbamates (subject to hydrolysis) is 2. The standard InChI is InChI=1S/C13H26N2O4/c1-12(2,3)18-10(16)14-8-7-9-15-11(17)19-13(4,5)6/h7-9H2,1-6H3,(H,14,16)(H,15,17). The van der Waals surface area contributed by atoms with Gasteiger partial charge in [0.1, 0.15) is 11.2 Å². The molecule has 0 radical (unpaired) electrons. The smallest absolute Gasteiger partial charge is 0.407 e. The van der Waals surface area contributed by atoms with Crippen LogP contribution >= 0.6 is 0 Å². The summed E-state index contributed by atoms with van der Waals surface area (Å²) in [5.41, 5.74) is -1.00. The second-order valence-electron chi connectivity index (χ2n) is 6.21. The van der Waals surface area contributed by atoms with Crippen LogP contribution in [0.3, 0.4) is 0 Å². The fraction of sp³-hybridized carbons (Fsp3) is 0.846. The molecule has 0 fully saturated rings. The first kappa shape index (κ1) is 17.5. The Labute approximate surface area is 115 Å². The van der Waals surface area contributed by atoms with Gasteiger partial charge in [-0.3, -0.25) is 0 Å². The van der Waals surface area contributed by atoms with Crippen molar-refractivity contribution in [2.75, 3.05) is 13.1 Å². The molecule has 19 heavy (non-hydrogen) atoms. The summed E-state index contributed by atoms with van der Waals surface area (Å²) in [4.78, 5) is 22.6. The molecule has 6 nitrogen and oxygen atoms in total. The third-order valence-electron chi connectivity index (χ3n) is 1.69. The maximum absolute atomic E-state index is 11.3. The molecule has 0 spiro atoms. The lowest BCUT2D eigenvalue weighted by Crippen LogP contribution is -2.36. The van der Waals surface area contributed by atoms with Gasteiger partial charge in [0.25, 0.3) is 0 Å². The van der Waals surface area contributed by atoms with Crippen molar-refractivity contribution >= 4 is 12.2 Å². The van der Waals surface area contributed by atoms with E-state index in [-0.39, 0.29) is 0 Å². The van der Waals surface area contributed by atoms with Crippen molar-refractivity contribution in [1.82, 2.24) is 10.6 Å². The van der Waals surface area contributed by atoms with Crippen molar-refractivity contribution in [1.29, 1.82) is 0 Å². The third-order valence-corrected chi connectivity index (χ3v) is 1.69. The van der Waals surface area contributed by atoms with Crippen molar-refractivity contribution in [3.63, 3.8) is 0 Å². The number of carbonyl (C=O) groups excluding carboxylic acids is 2. The van der Waals surface area contributed by atoms with E-state index < -0.39 is 23.4 Å². The second-order valence-corrected chi connectivity index (χ2v) is 6.21. The summed E-state index contributed by atoms with van der Waals surface area (Å²) < 4.78 is 10.1. The van der Waals surface area contributed by atoms with Crippen molar-refractivity contribution in [3.05, 3.63) is 0 Å². The van der Waals surface area contributed by atoms with Gasteiger partial charge in [-0.05, 0) is 48.0 Å². The minimum atomic E-state index is -0.501. The Morgan fingerprint density at radius 3 is 1.37 bits per heavy atom. The Morgan fingerprint density at radius 1 is 0.789 bits per heavy atom. The summed E-state index contributed by atoms with van der Waals surface area (Å²) in [6.07, 6.45) is -0.298. The number of ether oxygens (including phenoxy) is 2. The van der Waals surface area contributed by atoms with Crippen molar-refractivity contribution in [2.24, 2.45) is 0 Å². The van der Waals surface area contributed by atoms with Gasteiger partial charge < -0.3 is 20.1 Å². The maximum Gasteiger partial charge on any atom is 0.407 e. The van der Waals surface area contributed by atoms with E-state index >= 15 is 0 Å². The Morgan fingerprint density at radius 2 is 1.11 bits per heavy atom. The SMILES string of the molecule is CC(C)(C)OC(=O)NCCCNC(=O)OC(C)(C)C. The molecular weight excluding hydrogens is 248 g/mol. The zero-order valence-corrected chi connectivity index (χ0v) is 12.8. The fourth-order valence-corrected chi connectivity index (χ4v) is 1.10. The molecule has 2 amide bonds. The summed E-state index contributed by atoms with van der Waals surface area (Å²) in [5.74, 6) is 0. The first-order chi connectivity index (χ1) is 8.49. The summed E-state index contributed by atoms with van der Waals surface area (Å²) in [6, 6.07) is 0. The number of carbonyl (C=O) groups is 2. The van der Waals surface area contributed by atoms with Crippen molar-refractivity contribution in [3.8, 4) is 0 Å². The fourth-order valence-electron chi connectivity index (χ4n) is 1.10. The van der Waals surface area contributed by atoms with Crippen LogP contribution in [-0.4, -0.2) is 36.5 Å². The molecule has 6 heteroatoms. The Hall–Kier alpha value is -1.46. The molecule has 0 heterocycles. The van der Waals surface area contributed by atoms with Crippen LogP contribution in [0.1, 0.15) is 48.0 Å². The molecule has 0 aromatic heterocycles. The molecule has 0 aliphatic carbocycles. The van der Waals surface area contributed by atoms with E-state index in [1.807, 2.05) is 0 Å². The van der Waals surface area contributed by atoms with E-state index in [2.05, 4.69) is 10.6 Å². The number of amides is 2. The van der Waals surface area contributed by atoms with Crippen molar-refractivity contribution < 1.29 is 19.1 Å². The number of rotatable bonds is 4. The van der Waals surface area contributed by atoms with E-state index in [1.54, 1.807) is 41.5 Å². The third kappa shape index (κ3) is 12.8. The van der Waals surface area contributed by atoms with E-state index in [1.165, 1.54) is 0 Å². The van der Waals surface area contributed by atoms with Crippen LogP contribution < -0.4 is 10.6 Å². The maximum atomic E-state index is 11.3. The van der Waals surface area contributed by atoms with Gasteiger partial charge in [-0.25, -0.2) is 9.59 Å². The van der Waals surface area contributed by atoms with Crippen molar-refractivity contribution in [2.45, 2.75) is 59.2 Å². The number of nitrogens with one attached hydrogen (secondary N) is 2. The van der Waals surface area contributed by atoms with E-state index in [9.17, 15) is 9.59 Å². The molecule has 0 aromatic rings. The zero-order chi connectivity index (χ0) is 15.1. The van der Waals surface area contributed by atoms with E-state index in [0.29, 0.717) is 19.5 Å². The minimum absolute atomic E-state index is 0.435. The van der Waals surface area contributed by atoms with Gasteiger partial charge in [0.05, 0.1) is 0 Å². The van der Waals surface area contributed by atoms with Gasteiger partial charge in [0.2, 0.25) is 0 Å². The highest BCUT2D eigenvalue weighted by Gasteiger charge is 2.16. The first-order valence-electron chi connectivity index (χ1n) is 6.43. The largest absolute Gasteiger partial charge is 0.444 e. The summed E-state index contributed by atoms with van der Waals surface area (Å²) in [6.45, 7) is 11.7. The highest BCUT2D eigenvalue weighted by Crippen LogP contribution is 2.07. The topological polar surface area (TPSA) is 76.7 Å². The molecule has 0 aliphatic heterocycles. The van der Waals surface area contributed by atoms with Gasteiger partial charge >= 0.3 is 12.2 Å². The van der Waals surface area contributed by atoms with Gasteiger partial charge in [-0.2, -0.15) is 0 Å². The molecule has 112 valence electrons. The highest BCUT2D eigenvalue weighted by molar-refractivity contribution is 5.68. The molecular formula is C13H26N2O4. The molecule has 0 saturated carbocycles. The van der Waals surface area contributed by atoms with Crippen LogP contribution in [0.25, 0.3) is 0 Å². The monoisotopic (exact) mass is 274 g/mol. The van der Waals surface area contributed by atoms with E-state index in [0.717, 1.165) is 0 Å². The summed E-state index contributed by atoms with van der Waals surface area (Å²) in [5, 5.41) is 5.22. The average molecular weight is 274 g/mol. The lowest BCUT2D eigenvalue weighted by atomic mass is 10.2. The molecule has 0 aromatic carbocycles. The summed E-state index contributed by atoms with van der Waals surface area (Å²) in [7, 11) is 0. The van der Waals surface area contributed by atoms with Crippen LogP contribution in [0.15, 0.2) is 0 Å². The van der Waals surface area contributed by atoms with Crippen LogP contribution in [0, 0.1) is 0 Å². The Bertz CT molecular complexity index is 273. The Balaban J connectivity index is 3.61. The van der Waals surface area contributed by atoms with Crippen LogP contribution in [0.4, 0.5) is 9.59 Å². The van der Waals surface area contributed by atoms with Gasteiger partial charge in [-0.15, -0.1) is 0 Å². The first-order valence-corrected chi connectivity index (χ1v) is 6.43. The van der Waals surface area contributed by atoms with Gasteiger partial charge in [0.15, 0.2) is 0 Å². The molecule has 0 aliphatic rings. The minimum Gasteiger partial charge on any atom is -0.444 e. The van der Waals surface area contributed by atoms with Crippen LogP contribution in [0.2, 0.25) is 0 Å². The number of hydrogen-bond donors (Lipinski definition) is 2. The van der Waals surface area contributed by atoms with Gasteiger partial charge in [0, 0.05) is 13.1 Å². The predicted molar refractivity (Wildman–Crippen MR) is 73.1 cm³/mol. The summed E-state index contributed by atoms with van der Waals surface area (Å²) >= 11 is 0. The second kappa shape index (κ2) is 7.21. The quantitative estimate of drug-likeness (QED) is 0.772. The normalized spacial score (nSPS) is 11.7. The molecule has 0 atom stereocenters. The van der Waals surface area contributed by atoms with Crippen LogP contribution in [0.5, 0.6) is 0 Å². The highest BCUT2D eigenvalue weighted by atomic mass is 16.6. The molecule has 0 rings (SSSR count). The molecule has 2 N–H and O–H groups in total. The predicted octanol–water partition coefficient (Wildman–Crippen LogP) is 2.43. The Kier molecular flexibility index (Phi) is 6.65. The van der Waals surface area contributed by atoms with Crippen LogP contribution in [-0.2, 0) is 9.47 Å². The van der Waals surface area contributed by atoms with Gasteiger partial charge in [-0.1, -0.05) is 0 Å². The number of hydrogen-bond acceptors (Lipinski definition) is 4. The molecule has 0 bridgehead atoms. The molecule has 0 saturated heterocycles. The zero-order valence-electron chi connectivity index (χ0n) is 12.8. The van der Waals surface area contributed by atoms with E-state index in [4.69, 9.17) is 9.47 Å².